The Labute approximate surface area is 281 Å². The summed E-state index contributed by atoms with van der Waals surface area (Å²) in [6, 6.07) is 41.5. The maximum Gasteiger partial charge on any atom is 0.381 e. The first-order valence-corrected chi connectivity index (χ1v) is 16.3. The Hall–Kier alpha value is -6.08. The van der Waals surface area contributed by atoms with Crippen LogP contribution in [0.25, 0.3) is 39.5 Å². The average molecular weight is 614 g/mol. The molecule has 0 saturated carbocycles. The van der Waals surface area contributed by atoms with Gasteiger partial charge in [0.2, 0.25) is 0 Å². The molecule has 0 aliphatic carbocycles. The van der Waals surface area contributed by atoms with Crippen LogP contribution in [0.4, 0.5) is 0 Å². The second-order valence-electron chi connectivity index (χ2n) is 12.2. The molecule has 0 bridgehead atoms. The Morgan fingerprint density at radius 1 is 0.375 bits per heavy atom. The summed E-state index contributed by atoms with van der Waals surface area (Å²) < 4.78 is 7.28. The lowest BCUT2D eigenvalue weighted by Crippen LogP contribution is -2.73. The fourth-order valence-corrected chi connectivity index (χ4v) is 6.85. The zero-order chi connectivity index (χ0) is 31.9. The first kappa shape index (κ1) is 28.2. The van der Waals surface area contributed by atoms with E-state index in [9.17, 15) is 0 Å². The van der Waals surface area contributed by atoms with Gasteiger partial charge >= 0.3 is 20.9 Å². The van der Waals surface area contributed by atoms with Crippen molar-refractivity contribution in [1.82, 2.24) is 29.1 Å². The molecule has 0 radical (unpaired) electrons. The van der Waals surface area contributed by atoms with E-state index in [4.69, 9.17) is 15.0 Å². The Bertz CT molecular complexity index is 2110. The lowest BCUT2D eigenvalue weighted by molar-refractivity contribution is 0.624. The molecule has 9 heteroatoms. The topological polar surface area (TPSA) is 48.4 Å². The Morgan fingerprint density at radius 2 is 0.812 bits per heavy atom. The second-order valence-corrected chi connectivity index (χ2v) is 12.2. The van der Waals surface area contributed by atoms with Crippen molar-refractivity contribution in [1.29, 1.82) is 0 Å². The third-order valence-electron chi connectivity index (χ3n) is 9.23. The summed E-state index contributed by atoms with van der Waals surface area (Å²) in [6.45, 7) is 0.00361. The van der Waals surface area contributed by atoms with Crippen LogP contribution in [-0.2, 0) is 0 Å². The van der Waals surface area contributed by atoms with E-state index in [1.54, 1.807) is 0 Å². The molecule has 1 fully saturated rings. The van der Waals surface area contributed by atoms with Gasteiger partial charge < -0.3 is 14.2 Å². The van der Waals surface area contributed by atoms with Crippen molar-refractivity contribution in [2.75, 3.05) is 0 Å². The molecule has 6 nitrogen and oxygen atoms in total. The van der Waals surface area contributed by atoms with Gasteiger partial charge in [-0.15, -0.1) is 0 Å². The molecule has 48 heavy (non-hydrogen) atoms. The van der Waals surface area contributed by atoms with E-state index in [0.29, 0.717) is 17.5 Å². The molecule has 224 valence electrons. The quantitative estimate of drug-likeness (QED) is 0.193. The third kappa shape index (κ3) is 5.10. The first-order valence-electron chi connectivity index (χ1n) is 16.3. The van der Waals surface area contributed by atoms with E-state index < -0.39 is 0 Å². The van der Waals surface area contributed by atoms with Crippen molar-refractivity contribution in [2.24, 2.45) is 0 Å². The minimum absolute atomic E-state index is 0.00479. The molecule has 5 aromatic rings. The van der Waals surface area contributed by atoms with Gasteiger partial charge in [-0.1, -0.05) is 151 Å². The predicted molar refractivity (Wildman–Crippen MR) is 198 cm³/mol. The second kappa shape index (κ2) is 11.9. The molecule has 0 spiro atoms. The monoisotopic (exact) mass is 614 g/mol. The SMILES string of the molecule is C1=CC(c2ccccc2)=CN2B3C=C(c4ccccc4)C=CN3B3C=CC(c4nc(-c5ccccc5)nc(-c5ccccc5)n4)=CN3B12. The standard InChI is InChI=1S/C39H29B3N6/c1-5-13-30(14-6-1)34-23-26-46-40-25-22-36(29-47(40)41-24-21-35(28-48(41)42(46)27-34)31-15-7-2-8-16-31)39-44-37(32-17-9-3-10-18-32)43-38(45-39)33-19-11-4-12-20-33/h1-29H. The number of nitrogens with zero attached hydrogens (tertiary/aromatic N) is 6. The molecule has 1 aromatic heterocycles. The molecular formula is C39H29B3N6. The van der Waals surface area contributed by atoms with Gasteiger partial charge in [0.1, 0.15) is 0 Å². The third-order valence-corrected chi connectivity index (χ3v) is 9.23. The Balaban J connectivity index is 1.14. The first-order chi connectivity index (χ1) is 23.8. The highest BCUT2D eigenvalue weighted by Crippen LogP contribution is 2.36. The fraction of sp³-hybridized carbons (Fsp3) is 0. The summed E-state index contributed by atoms with van der Waals surface area (Å²) in [5.74, 6) is 8.92. The fourth-order valence-electron chi connectivity index (χ4n) is 6.85. The Morgan fingerprint density at radius 3 is 1.40 bits per heavy atom. The molecular weight excluding hydrogens is 585 g/mol. The van der Waals surface area contributed by atoms with Crippen LogP contribution in [0.3, 0.4) is 0 Å². The number of aromatic nitrogens is 3. The van der Waals surface area contributed by atoms with Gasteiger partial charge in [-0.25, -0.2) is 15.0 Å². The summed E-state index contributed by atoms with van der Waals surface area (Å²) >= 11 is 0. The molecule has 4 aliphatic heterocycles. The molecule has 4 aliphatic rings. The summed E-state index contributed by atoms with van der Waals surface area (Å²) in [5.41, 5.74) is 7.66. The van der Waals surface area contributed by atoms with Crippen LogP contribution in [0.15, 0.2) is 176 Å². The van der Waals surface area contributed by atoms with Gasteiger partial charge in [-0.3, -0.25) is 0 Å². The summed E-state index contributed by atoms with van der Waals surface area (Å²) in [4.78, 5) is 14.9. The Kier molecular flexibility index (Phi) is 7.01. The maximum absolute atomic E-state index is 5.02. The molecule has 0 N–H and O–H groups in total. The van der Waals surface area contributed by atoms with Crippen molar-refractivity contribution in [3.05, 3.63) is 193 Å². The summed E-state index contributed by atoms with van der Waals surface area (Å²) in [7, 11) is 0. The zero-order valence-electron chi connectivity index (χ0n) is 26.2. The van der Waals surface area contributed by atoms with Crippen LogP contribution in [0, 0.1) is 0 Å². The van der Waals surface area contributed by atoms with Crippen LogP contribution in [-0.4, -0.2) is 50.1 Å². The normalized spacial score (nSPS) is 16.2. The van der Waals surface area contributed by atoms with E-state index in [1.165, 1.54) is 22.3 Å². The number of allylic oxidation sites excluding steroid dienone is 6. The highest BCUT2D eigenvalue weighted by Gasteiger charge is 2.50. The average Bonchev–Trinajstić information content (AvgIpc) is 3.18. The zero-order valence-corrected chi connectivity index (χ0v) is 26.2. The lowest BCUT2D eigenvalue weighted by Gasteiger charge is -2.54. The van der Waals surface area contributed by atoms with Gasteiger partial charge in [0.15, 0.2) is 17.5 Å². The smallest absolute Gasteiger partial charge is 0.381 e. The van der Waals surface area contributed by atoms with Gasteiger partial charge in [-0.2, -0.15) is 0 Å². The van der Waals surface area contributed by atoms with Gasteiger partial charge in [0.25, 0.3) is 0 Å². The van der Waals surface area contributed by atoms with Crippen LogP contribution in [0.2, 0.25) is 0 Å². The van der Waals surface area contributed by atoms with Crippen molar-refractivity contribution in [2.45, 2.75) is 0 Å². The highest BCUT2D eigenvalue weighted by atomic mass is 15.3. The predicted octanol–water partition coefficient (Wildman–Crippen LogP) is 7.34. The van der Waals surface area contributed by atoms with Crippen LogP contribution in [0.1, 0.15) is 17.0 Å². The van der Waals surface area contributed by atoms with Crippen molar-refractivity contribution in [3.8, 4) is 22.8 Å². The van der Waals surface area contributed by atoms with Crippen molar-refractivity contribution >= 4 is 37.7 Å². The maximum atomic E-state index is 5.02. The van der Waals surface area contributed by atoms with Crippen LogP contribution >= 0.6 is 0 Å². The number of fused-ring (bicyclic) bond motifs is 6. The molecule has 5 heterocycles. The van der Waals surface area contributed by atoms with Gasteiger partial charge in [0, 0.05) is 16.7 Å². The van der Waals surface area contributed by atoms with Gasteiger partial charge in [0.05, 0.1) is 0 Å². The molecule has 0 amide bonds. The van der Waals surface area contributed by atoms with Crippen molar-refractivity contribution in [3.63, 3.8) is 0 Å². The van der Waals surface area contributed by atoms with E-state index in [1.807, 2.05) is 60.7 Å². The van der Waals surface area contributed by atoms with E-state index >= 15 is 0 Å². The molecule has 0 atom stereocenters. The van der Waals surface area contributed by atoms with E-state index in [0.717, 1.165) is 16.7 Å². The molecule has 0 unspecified atom stereocenters. The molecule has 4 aromatic carbocycles. The summed E-state index contributed by atoms with van der Waals surface area (Å²) in [5, 5.41) is 0. The molecule has 9 rings (SSSR count). The summed E-state index contributed by atoms with van der Waals surface area (Å²) in [6.07, 6.45) is 13.4. The number of benzene rings is 4. The van der Waals surface area contributed by atoms with Crippen LogP contribution in [0.5, 0.6) is 0 Å². The van der Waals surface area contributed by atoms with Crippen molar-refractivity contribution < 1.29 is 0 Å². The largest absolute Gasteiger partial charge is 0.423 e. The number of rotatable bonds is 5. The van der Waals surface area contributed by atoms with E-state index in [2.05, 4.69) is 130 Å². The minimum atomic E-state index is -0.0209. The van der Waals surface area contributed by atoms with Crippen LogP contribution < -0.4 is 0 Å². The number of hydrogen-bond acceptors (Lipinski definition) is 6. The highest BCUT2D eigenvalue weighted by molar-refractivity contribution is 6.92. The minimum Gasteiger partial charge on any atom is -0.423 e. The number of hydrogen-bond donors (Lipinski definition) is 0. The molecule has 1 saturated heterocycles. The van der Waals surface area contributed by atoms with Gasteiger partial charge in [-0.05, 0) is 46.9 Å². The van der Waals surface area contributed by atoms with E-state index in [-0.39, 0.29) is 20.9 Å². The lowest BCUT2D eigenvalue weighted by atomic mass is 9.41.